The number of carbonyl (C=O) groups excluding carboxylic acids is 1. The second kappa shape index (κ2) is 9.67. The normalized spacial score (nSPS) is 16.9. The van der Waals surface area contributed by atoms with E-state index in [0.717, 1.165) is 26.1 Å². The van der Waals surface area contributed by atoms with Crippen LogP contribution in [0.25, 0.3) is 0 Å². The Morgan fingerprint density at radius 1 is 1.29 bits per heavy atom. The highest BCUT2D eigenvalue weighted by molar-refractivity contribution is 5.85. The molecule has 24 heavy (non-hydrogen) atoms. The van der Waals surface area contributed by atoms with Crippen LogP contribution < -0.4 is 5.32 Å². The highest BCUT2D eigenvalue weighted by Gasteiger charge is 2.28. The smallest absolute Gasteiger partial charge is 0.229 e. The van der Waals surface area contributed by atoms with E-state index in [4.69, 9.17) is 4.52 Å². The second-order valence-corrected chi connectivity index (χ2v) is 5.57. The molecule has 132 valence electrons. The Morgan fingerprint density at radius 2 is 2.04 bits per heavy atom. The topological polar surface area (TPSA) is 58.4 Å². The van der Waals surface area contributed by atoms with Crippen molar-refractivity contribution in [3.05, 3.63) is 53.4 Å². The van der Waals surface area contributed by atoms with Gasteiger partial charge in [-0.25, -0.2) is 0 Å². The average molecular weight is 372 g/mol. The van der Waals surface area contributed by atoms with E-state index in [2.05, 4.69) is 41.7 Å². The number of aromatic nitrogens is 1. The SMILES string of the molecule is CCc1ccc(C2CNCCN2C(=O)Cc2ccon2)cc1.Cl.Cl. The summed E-state index contributed by atoms with van der Waals surface area (Å²) in [6.07, 6.45) is 2.82. The van der Waals surface area contributed by atoms with Gasteiger partial charge >= 0.3 is 0 Å². The summed E-state index contributed by atoms with van der Waals surface area (Å²) >= 11 is 0. The van der Waals surface area contributed by atoms with Gasteiger partial charge in [0, 0.05) is 25.7 Å². The number of hydrogen-bond donors (Lipinski definition) is 1. The van der Waals surface area contributed by atoms with Crippen LogP contribution in [0.3, 0.4) is 0 Å². The fraction of sp³-hybridized carbons (Fsp3) is 0.412. The molecule has 1 fully saturated rings. The standard InChI is InChI=1S/C17H21N3O2.2ClH/c1-2-13-3-5-14(6-4-13)16-12-18-8-9-20(16)17(21)11-15-7-10-22-19-15;;/h3-7,10,16,18H,2,8-9,11-12H2,1H3;2*1H. The lowest BCUT2D eigenvalue weighted by Gasteiger charge is -2.36. The summed E-state index contributed by atoms with van der Waals surface area (Å²) in [5.41, 5.74) is 3.18. The minimum Gasteiger partial charge on any atom is -0.364 e. The first-order chi connectivity index (χ1) is 10.8. The molecule has 0 aliphatic carbocycles. The predicted octanol–water partition coefficient (Wildman–Crippen LogP) is 2.80. The number of halogens is 2. The van der Waals surface area contributed by atoms with Crippen molar-refractivity contribution in [1.82, 2.24) is 15.4 Å². The van der Waals surface area contributed by atoms with Crippen molar-refractivity contribution >= 4 is 30.7 Å². The summed E-state index contributed by atoms with van der Waals surface area (Å²) < 4.78 is 4.81. The largest absolute Gasteiger partial charge is 0.364 e. The molecule has 3 rings (SSSR count). The fourth-order valence-electron chi connectivity index (χ4n) is 2.86. The minimum absolute atomic E-state index is 0. The minimum atomic E-state index is 0. The van der Waals surface area contributed by atoms with Gasteiger partial charge in [0.15, 0.2) is 0 Å². The van der Waals surface area contributed by atoms with Gasteiger partial charge in [-0.2, -0.15) is 0 Å². The number of aryl methyl sites for hydroxylation is 1. The molecule has 1 saturated heterocycles. The van der Waals surface area contributed by atoms with Crippen molar-refractivity contribution in [2.45, 2.75) is 25.8 Å². The van der Waals surface area contributed by atoms with Gasteiger partial charge in [-0.05, 0) is 17.5 Å². The predicted molar refractivity (Wildman–Crippen MR) is 97.8 cm³/mol. The first kappa shape index (κ1) is 20.5. The first-order valence-corrected chi connectivity index (χ1v) is 7.76. The molecule has 1 aromatic heterocycles. The van der Waals surface area contributed by atoms with Gasteiger partial charge < -0.3 is 14.7 Å². The molecule has 1 unspecified atom stereocenters. The number of nitrogens with one attached hydrogen (secondary N) is 1. The van der Waals surface area contributed by atoms with Crippen LogP contribution in [-0.4, -0.2) is 35.6 Å². The molecule has 7 heteroatoms. The summed E-state index contributed by atoms with van der Waals surface area (Å²) in [7, 11) is 0. The van der Waals surface area contributed by atoms with Crippen molar-refractivity contribution in [1.29, 1.82) is 0 Å². The lowest BCUT2D eigenvalue weighted by atomic mass is 10.0. The van der Waals surface area contributed by atoms with Crippen LogP contribution in [-0.2, 0) is 17.6 Å². The Bertz CT molecular complexity index is 617. The van der Waals surface area contributed by atoms with Crippen molar-refractivity contribution in [2.75, 3.05) is 19.6 Å². The lowest BCUT2D eigenvalue weighted by molar-refractivity contribution is -0.133. The number of carbonyl (C=O) groups is 1. The molecular weight excluding hydrogens is 349 g/mol. The van der Waals surface area contributed by atoms with E-state index in [1.165, 1.54) is 17.4 Å². The molecule has 0 bridgehead atoms. The maximum absolute atomic E-state index is 12.6. The van der Waals surface area contributed by atoms with Crippen molar-refractivity contribution in [2.24, 2.45) is 0 Å². The molecule has 2 heterocycles. The molecule has 1 aliphatic heterocycles. The highest BCUT2D eigenvalue weighted by atomic mass is 35.5. The van der Waals surface area contributed by atoms with Crippen LogP contribution in [0.1, 0.15) is 29.8 Å². The Hall–Kier alpha value is -1.56. The Kier molecular flexibility index (Phi) is 8.25. The molecule has 0 saturated carbocycles. The van der Waals surface area contributed by atoms with E-state index in [0.29, 0.717) is 12.1 Å². The molecule has 2 aromatic rings. The summed E-state index contributed by atoms with van der Waals surface area (Å²) in [6, 6.07) is 10.4. The first-order valence-electron chi connectivity index (χ1n) is 7.76. The van der Waals surface area contributed by atoms with Gasteiger partial charge in [0.2, 0.25) is 5.91 Å². The monoisotopic (exact) mass is 371 g/mol. The molecule has 1 N–H and O–H groups in total. The molecule has 1 aromatic carbocycles. The zero-order valence-electron chi connectivity index (χ0n) is 13.6. The van der Waals surface area contributed by atoms with Gasteiger partial charge in [-0.1, -0.05) is 36.3 Å². The third-order valence-corrected chi connectivity index (χ3v) is 4.16. The molecule has 1 aliphatic rings. The van der Waals surface area contributed by atoms with E-state index in [1.54, 1.807) is 6.07 Å². The fourth-order valence-corrected chi connectivity index (χ4v) is 2.86. The highest BCUT2D eigenvalue weighted by Crippen LogP contribution is 2.23. The van der Waals surface area contributed by atoms with Gasteiger partial charge in [0.25, 0.3) is 0 Å². The number of piperazine rings is 1. The van der Waals surface area contributed by atoms with E-state index in [-0.39, 0.29) is 36.8 Å². The number of rotatable bonds is 4. The summed E-state index contributed by atoms with van der Waals surface area (Å²) in [4.78, 5) is 14.5. The van der Waals surface area contributed by atoms with Crippen molar-refractivity contribution < 1.29 is 9.32 Å². The summed E-state index contributed by atoms with van der Waals surface area (Å²) in [6.45, 7) is 4.48. The Morgan fingerprint density at radius 3 is 2.67 bits per heavy atom. The van der Waals surface area contributed by atoms with Crippen molar-refractivity contribution in [3.63, 3.8) is 0 Å². The molecule has 5 nitrogen and oxygen atoms in total. The summed E-state index contributed by atoms with van der Waals surface area (Å²) in [5.74, 6) is 0.0972. The lowest BCUT2D eigenvalue weighted by Crippen LogP contribution is -2.49. The van der Waals surface area contributed by atoms with Gasteiger partial charge in [0.05, 0.1) is 18.2 Å². The molecule has 0 spiro atoms. The van der Waals surface area contributed by atoms with Crippen LogP contribution in [0, 0.1) is 0 Å². The van der Waals surface area contributed by atoms with Crippen molar-refractivity contribution in [3.8, 4) is 0 Å². The Balaban J connectivity index is 0.00000144. The zero-order chi connectivity index (χ0) is 15.4. The maximum Gasteiger partial charge on any atom is 0.229 e. The molecule has 1 atom stereocenters. The van der Waals surface area contributed by atoms with E-state index < -0.39 is 0 Å². The maximum atomic E-state index is 12.6. The third-order valence-electron chi connectivity index (χ3n) is 4.16. The van der Waals surface area contributed by atoms with Gasteiger partial charge in [-0.3, -0.25) is 4.79 Å². The number of benzene rings is 1. The van der Waals surface area contributed by atoms with E-state index >= 15 is 0 Å². The van der Waals surface area contributed by atoms with Crippen LogP contribution in [0.4, 0.5) is 0 Å². The Labute approximate surface area is 154 Å². The van der Waals surface area contributed by atoms with Crippen LogP contribution in [0.5, 0.6) is 0 Å². The number of hydrogen-bond acceptors (Lipinski definition) is 4. The average Bonchev–Trinajstić information content (AvgIpc) is 3.08. The van der Waals surface area contributed by atoms with Gasteiger partial charge in [-0.15, -0.1) is 24.8 Å². The molecule has 0 radical (unpaired) electrons. The van der Waals surface area contributed by atoms with E-state index in [1.807, 2.05) is 4.90 Å². The van der Waals surface area contributed by atoms with Crippen LogP contribution in [0.2, 0.25) is 0 Å². The quantitative estimate of drug-likeness (QED) is 0.897. The van der Waals surface area contributed by atoms with Crippen LogP contribution in [0.15, 0.2) is 41.1 Å². The number of amides is 1. The molecular formula is C17H23Cl2N3O2. The van der Waals surface area contributed by atoms with Gasteiger partial charge in [0.1, 0.15) is 6.26 Å². The van der Waals surface area contributed by atoms with E-state index in [9.17, 15) is 4.79 Å². The molecule has 1 amide bonds. The summed E-state index contributed by atoms with van der Waals surface area (Å²) in [5, 5.41) is 7.21. The zero-order valence-corrected chi connectivity index (χ0v) is 15.2. The third kappa shape index (κ3) is 4.72. The number of nitrogens with zero attached hydrogens (tertiary/aromatic N) is 2. The van der Waals surface area contributed by atoms with Crippen LogP contribution >= 0.6 is 24.8 Å². The second-order valence-electron chi connectivity index (χ2n) is 5.57.